The third kappa shape index (κ3) is 4.50. The van der Waals surface area contributed by atoms with Gasteiger partial charge in [-0.05, 0) is 42.5 Å². The van der Waals surface area contributed by atoms with E-state index in [2.05, 4.69) is 9.71 Å². The molecule has 1 fully saturated rings. The summed E-state index contributed by atoms with van der Waals surface area (Å²) in [4.78, 5) is 28.8. The molecular weight excluding hydrogens is 461 g/mol. The molecule has 4 rings (SSSR count). The molecule has 0 spiro atoms. The second-order valence-corrected chi connectivity index (χ2v) is 11.3. The number of H-pyrrole nitrogens is 1. The summed E-state index contributed by atoms with van der Waals surface area (Å²) in [5, 5.41) is 0.199. The molecule has 0 bridgehead atoms. The number of sulfone groups is 1. The molecule has 1 aromatic heterocycles. The Balaban J connectivity index is 1.73. The maximum atomic E-state index is 13.1. The minimum atomic E-state index is -4.08. The number of hydrogen-bond donors (Lipinski definition) is 2. The lowest BCUT2D eigenvalue weighted by Gasteiger charge is -2.27. The molecule has 2 heterocycles. The van der Waals surface area contributed by atoms with Crippen LogP contribution in [-0.2, 0) is 19.9 Å². The molecule has 1 aliphatic rings. The minimum Gasteiger partial charge on any atom is -0.337 e. The standard InChI is InChI=1S/C20H18FN3O6S2/c21-13-1-3-14(4-2-13)23-32(29,30)15-5-6-18-16(11-15)17(12-19(25)22-18)20(26)24-7-9-31(27,28)10-8-24/h1-6,11-12,23H,7-10H2,(H,22,25). The highest BCUT2D eigenvalue weighted by molar-refractivity contribution is 7.92. The van der Waals surface area contributed by atoms with Crippen LogP contribution in [0, 0.1) is 5.82 Å². The Bertz CT molecular complexity index is 1470. The minimum absolute atomic E-state index is 0.0143. The van der Waals surface area contributed by atoms with Crippen LogP contribution < -0.4 is 10.3 Å². The molecule has 0 atom stereocenters. The molecule has 32 heavy (non-hydrogen) atoms. The van der Waals surface area contributed by atoms with Crippen molar-refractivity contribution in [2.45, 2.75) is 4.90 Å². The number of benzene rings is 2. The van der Waals surface area contributed by atoms with Crippen LogP contribution in [0.2, 0.25) is 0 Å². The van der Waals surface area contributed by atoms with E-state index in [4.69, 9.17) is 0 Å². The van der Waals surface area contributed by atoms with E-state index in [-0.39, 0.29) is 51.6 Å². The first kappa shape index (κ1) is 22.0. The van der Waals surface area contributed by atoms with Crippen LogP contribution >= 0.6 is 0 Å². The van der Waals surface area contributed by atoms with Crippen LogP contribution in [0.15, 0.2) is 58.2 Å². The number of anilines is 1. The van der Waals surface area contributed by atoms with Gasteiger partial charge in [0, 0.05) is 35.7 Å². The summed E-state index contributed by atoms with van der Waals surface area (Å²) in [6, 6.07) is 9.72. The lowest BCUT2D eigenvalue weighted by Crippen LogP contribution is -2.44. The van der Waals surface area contributed by atoms with Gasteiger partial charge in [-0.25, -0.2) is 21.2 Å². The van der Waals surface area contributed by atoms with Gasteiger partial charge in [-0.1, -0.05) is 0 Å². The van der Waals surface area contributed by atoms with E-state index in [9.17, 15) is 30.8 Å². The van der Waals surface area contributed by atoms with Gasteiger partial charge in [0.05, 0.1) is 22.0 Å². The van der Waals surface area contributed by atoms with Gasteiger partial charge in [0.1, 0.15) is 5.82 Å². The molecule has 1 saturated heterocycles. The number of hydrogen-bond acceptors (Lipinski definition) is 6. The van der Waals surface area contributed by atoms with Crippen molar-refractivity contribution in [2.24, 2.45) is 0 Å². The summed E-state index contributed by atoms with van der Waals surface area (Å²) in [7, 11) is -7.29. The highest BCUT2D eigenvalue weighted by Crippen LogP contribution is 2.24. The Labute approximate surface area is 182 Å². The zero-order valence-electron chi connectivity index (χ0n) is 16.5. The zero-order chi connectivity index (χ0) is 23.1. The molecule has 12 heteroatoms. The van der Waals surface area contributed by atoms with E-state index in [0.717, 1.165) is 18.2 Å². The van der Waals surface area contributed by atoms with Crippen molar-refractivity contribution in [3.05, 3.63) is 70.3 Å². The van der Waals surface area contributed by atoms with Crippen LogP contribution in [-0.4, -0.2) is 57.2 Å². The number of aromatic amines is 1. The van der Waals surface area contributed by atoms with E-state index in [0.29, 0.717) is 0 Å². The van der Waals surface area contributed by atoms with Crippen molar-refractivity contribution >= 4 is 42.4 Å². The van der Waals surface area contributed by atoms with Crippen molar-refractivity contribution in [2.75, 3.05) is 29.3 Å². The molecule has 0 aliphatic carbocycles. The molecular formula is C20H18FN3O6S2. The summed E-state index contributed by atoms with van der Waals surface area (Å²) >= 11 is 0. The predicted molar refractivity (Wildman–Crippen MR) is 116 cm³/mol. The van der Waals surface area contributed by atoms with E-state index in [1.165, 1.54) is 35.2 Å². The molecule has 2 N–H and O–H groups in total. The number of pyridine rings is 1. The highest BCUT2D eigenvalue weighted by Gasteiger charge is 2.27. The summed E-state index contributed by atoms with van der Waals surface area (Å²) in [5.41, 5.74) is -0.169. The largest absolute Gasteiger partial charge is 0.337 e. The number of halogens is 1. The number of nitrogens with one attached hydrogen (secondary N) is 2. The number of sulfonamides is 1. The second kappa shape index (κ2) is 8.02. The van der Waals surface area contributed by atoms with Gasteiger partial charge in [-0.15, -0.1) is 0 Å². The van der Waals surface area contributed by atoms with Crippen LogP contribution in [0.4, 0.5) is 10.1 Å². The zero-order valence-corrected chi connectivity index (χ0v) is 18.2. The average Bonchev–Trinajstić information content (AvgIpc) is 2.74. The van der Waals surface area contributed by atoms with Crippen LogP contribution in [0.25, 0.3) is 10.9 Å². The van der Waals surface area contributed by atoms with E-state index in [1.54, 1.807) is 0 Å². The molecule has 0 unspecified atom stereocenters. The Hall–Kier alpha value is -3.25. The van der Waals surface area contributed by atoms with Gasteiger partial charge < -0.3 is 9.88 Å². The summed E-state index contributed by atoms with van der Waals surface area (Å²) in [5.74, 6) is -1.43. The van der Waals surface area contributed by atoms with E-state index >= 15 is 0 Å². The first-order valence-corrected chi connectivity index (χ1v) is 12.8. The molecule has 168 valence electrons. The third-order valence-electron chi connectivity index (χ3n) is 5.08. The molecule has 3 aromatic rings. The molecule has 0 radical (unpaired) electrons. The van der Waals surface area contributed by atoms with Gasteiger partial charge in [-0.3, -0.25) is 14.3 Å². The van der Waals surface area contributed by atoms with Crippen LogP contribution in [0.5, 0.6) is 0 Å². The second-order valence-electron chi connectivity index (χ2n) is 7.31. The Kier molecular flexibility index (Phi) is 5.51. The van der Waals surface area contributed by atoms with Crippen LogP contribution in [0.3, 0.4) is 0 Å². The first-order valence-electron chi connectivity index (χ1n) is 9.49. The maximum absolute atomic E-state index is 13.1. The van der Waals surface area contributed by atoms with Crippen molar-refractivity contribution in [1.82, 2.24) is 9.88 Å². The molecule has 9 nitrogen and oxygen atoms in total. The Morgan fingerprint density at radius 3 is 2.34 bits per heavy atom. The van der Waals surface area contributed by atoms with Crippen molar-refractivity contribution in [3.8, 4) is 0 Å². The average molecular weight is 480 g/mol. The summed E-state index contributed by atoms with van der Waals surface area (Å²) in [6.45, 7) is -0.0286. The normalized spacial score (nSPS) is 16.1. The highest BCUT2D eigenvalue weighted by atomic mass is 32.2. The van der Waals surface area contributed by atoms with Crippen molar-refractivity contribution in [3.63, 3.8) is 0 Å². The lowest BCUT2D eigenvalue weighted by atomic mass is 10.1. The molecule has 1 aliphatic heterocycles. The number of amides is 1. The Morgan fingerprint density at radius 1 is 1.03 bits per heavy atom. The lowest BCUT2D eigenvalue weighted by molar-refractivity contribution is 0.0772. The summed E-state index contributed by atoms with van der Waals surface area (Å²) in [6.07, 6.45) is 0. The van der Waals surface area contributed by atoms with Crippen molar-refractivity contribution in [1.29, 1.82) is 0 Å². The topological polar surface area (TPSA) is 133 Å². The molecule has 1 amide bonds. The van der Waals surface area contributed by atoms with E-state index < -0.39 is 37.1 Å². The SMILES string of the molecule is O=C(c1cc(=O)[nH]c2ccc(S(=O)(=O)Nc3ccc(F)cc3)cc12)N1CCS(=O)(=O)CC1. The van der Waals surface area contributed by atoms with Crippen molar-refractivity contribution < 1.29 is 26.0 Å². The maximum Gasteiger partial charge on any atom is 0.261 e. The molecule has 2 aromatic carbocycles. The quantitative estimate of drug-likeness (QED) is 0.580. The Morgan fingerprint density at radius 2 is 1.69 bits per heavy atom. The third-order valence-corrected chi connectivity index (χ3v) is 8.07. The van der Waals surface area contributed by atoms with Gasteiger partial charge in [0.15, 0.2) is 9.84 Å². The monoisotopic (exact) mass is 479 g/mol. The predicted octanol–water partition coefficient (Wildman–Crippen LogP) is 1.34. The molecule has 0 saturated carbocycles. The number of aromatic nitrogens is 1. The number of nitrogens with zero attached hydrogens (tertiary/aromatic N) is 1. The number of carbonyl (C=O) groups is 1. The van der Waals surface area contributed by atoms with Crippen LogP contribution in [0.1, 0.15) is 10.4 Å². The van der Waals surface area contributed by atoms with E-state index in [1.807, 2.05) is 0 Å². The van der Waals surface area contributed by atoms with Gasteiger partial charge in [0.2, 0.25) is 5.56 Å². The fraction of sp³-hybridized carbons (Fsp3) is 0.200. The first-order chi connectivity index (χ1) is 15.0. The summed E-state index contributed by atoms with van der Waals surface area (Å²) < 4.78 is 64.4. The fourth-order valence-corrected chi connectivity index (χ4v) is 5.68. The number of rotatable bonds is 4. The van der Waals surface area contributed by atoms with Gasteiger partial charge in [0.25, 0.3) is 15.9 Å². The number of fused-ring (bicyclic) bond motifs is 1. The number of carbonyl (C=O) groups excluding carboxylic acids is 1. The van der Waals surface area contributed by atoms with Gasteiger partial charge in [-0.2, -0.15) is 0 Å². The fourth-order valence-electron chi connectivity index (χ4n) is 3.39. The van der Waals surface area contributed by atoms with Gasteiger partial charge >= 0.3 is 0 Å². The smallest absolute Gasteiger partial charge is 0.261 e.